The zero-order valence-electron chi connectivity index (χ0n) is 6.21. The summed E-state index contributed by atoms with van der Waals surface area (Å²) in [4.78, 5) is 0. The minimum atomic E-state index is -0.00579. The second-order valence-electron chi connectivity index (χ2n) is 3.66. The smallest absolute Gasteiger partial charge is 0.0583 e. The number of aliphatic hydroxyl groups is 1. The van der Waals surface area contributed by atoms with Gasteiger partial charge < -0.3 is 10.4 Å². The van der Waals surface area contributed by atoms with Gasteiger partial charge in [0.15, 0.2) is 0 Å². The number of hydrogen-bond donors (Lipinski definition) is 2. The van der Waals surface area contributed by atoms with Crippen LogP contribution in [0.25, 0.3) is 0 Å². The van der Waals surface area contributed by atoms with E-state index in [4.69, 9.17) is 0 Å². The van der Waals surface area contributed by atoms with Crippen LogP contribution in [-0.4, -0.2) is 24.3 Å². The zero-order valence-corrected chi connectivity index (χ0v) is 6.21. The third-order valence-electron chi connectivity index (χ3n) is 2.90. The van der Waals surface area contributed by atoms with Gasteiger partial charge in [-0.25, -0.2) is 0 Å². The minimum Gasteiger partial charge on any atom is -0.393 e. The van der Waals surface area contributed by atoms with Crippen LogP contribution in [0.5, 0.6) is 0 Å². The van der Waals surface area contributed by atoms with Crippen molar-refractivity contribution in [3.05, 3.63) is 0 Å². The van der Waals surface area contributed by atoms with Gasteiger partial charge in [0, 0.05) is 6.54 Å². The highest BCUT2D eigenvalue weighted by Gasteiger charge is 2.31. The van der Waals surface area contributed by atoms with Crippen molar-refractivity contribution < 1.29 is 5.11 Å². The maximum absolute atomic E-state index is 9.54. The number of nitrogens with one attached hydrogen (secondary N) is 1. The molecule has 2 heterocycles. The molecule has 1 aliphatic carbocycles. The van der Waals surface area contributed by atoms with Crippen LogP contribution in [0.15, 0.2) is 0 Å². The van der Waals surface area contributed by atoms with Crippen LogP contribution < -0.4 is 5.32 Å². The number of rotatable bonds is 0. The summed E-state index contributed by atoms with van der Waals surface area (Å²) in [5.74, 6) is 1.31. The molecule has 2 bridgehead atoms. The van der Waals surface area contributed by atoms with Crippen molar-refractivity contribution in [1.82, 2.24) is 5.32 Å². The minimum absolute atomic E-state index is 0.00579. The van der Waals surface area contributed by atoms with Gasteiger partial charge >= 0.3 is 0 Å². The Morgan fingerprint density at radius 2 is 2.10 bits per heavy atom. The highest BCUT2D eigenvalue weighted by atomic mass is 16.3. The van der Waals surface area contributed by atoms with Crippen molar-refractivity contribution in [3.63, 3.8) is 0 Å². The van der Waals surface area contributed by atoms with Gasteiger partial charge in [0.25, 0.3) is 0 Å². The second-order valence-corrected chi connectivity index (χ2v) is 3.66. The van der Waals surface area contributed by atoms with Crippen LogP contribution in [0, 0.1) is 11.8 Å². The van der Waals surface area contributed by atoms with Gasteiger partial charge in [-0.2, -0.15) is 0 Å². The fourth-order valence-corrected chi connectivity index (χ4v) is 2.19. The molecule has 2 N–H and O–H groups in total. The van der Waals surface area contributed by atoms with Crippen molar-refractivity contribution in [2.45, 2.75) is 25.4 Å². The Bertz CT molecular complexity index is 122. The summed E-state index contributed by atoms with van der Waals surface area (Å²) in [5.41, 5.74) is 0. The normalized spacial score (nSPS) is 47.1. The fourth-order valence-electron chi connectivity index (χ4n) is 2.19. The molecule has 0 aromatic heterocycles. The van der Waals surface area contributed by atoms with Gasteiger partial charge in [-0.3, -0.25) is 0 Å². The Balaban J connectivity index is 2.07. The standard InChI is InChI=1S/C8H15NO/c10-8-3-6-1-2-7(8)5-9-4-6/h6-10H,1-5H2/t6?,7?,8-/m0/s1. The van der Waals surface area contributed by atoms with Crippen LogP contribution in [0.4, 0.5) is 0 Å². The Kier molecular flexibility index (Phi) is 1.66. The molecule has 2 nitrogen and oxygen atoms in total. The lowest BCUT2D eigenvalue weighted by molar-refractivity contribution is 0.0634. The van der Waals surface area contributed by atoms with E-state index >= 15 is 0 Å². The maximum atomic E-state index is 9.54. The summed E-state index contributed by atoms with van der Waals surface area (Å²) in [5, 5.41) is 12.9. The molecule has 2 unspecified atom stereocenters. The van der Waals surface area contributed by atoms with Gasteiger partial charge in [0.1, 0.15) is 0 Å². The number of aliphatic hydroxyl groups excluding tert-OH is 1. The number of hydrogen-bond acceptors (Lipinski definition) is 2. The molecule has 1 saturated carbocycles. The molecule has 3 rings (SSSR count). The summed E-state index contributed by atoms with van der Waals surface area (Å²) < 4.78 is 0. The second kappa shape index (κ2) is 2.51. The van der Waals surface area contributed by atoms with Crippen LogP contribution >= 0.6 is 0 Å². The van der Waals surface area contributed by atoms with Crippen molar-refractivity contribution in [1.29, 1.82) is 0 Å². The highest BCUT2D eigenvalue weighted by Crippen LogP contribution is 2.30. The molecule has 2 heteroatoms. The Morgan fingerprint density at radius 1 is 1.20 bits per heavy atom. The van der Waals surface area contributed by atoms with Gasteiger partial charge in [0.2, 0.25) is 0 Å². The molecule has 0 aromatic rings. The van der Waals surface area contributed by atoms with E-state index in [1.807, 2.05) is 0 Å². The van der Waals surface area contributed by atoms with Crippen LogP contribution in [-0.2, 0) is 0 Å². The molecule has 0 radical (unpaired) electrons. The first-order valence-electron chi connectivity index (χ1n) is 4.25. The predicted molar refractivity (Wildman–Crippen MR) is 39.7 cm³/mol. The third kappa shape index (κ3) is 1.06. The predicted octanol–water partition coefficient (Wildman–Crippen LogP) is 0.367. The quantitative estimate of drug-likeness (QED) is 0.510. The van der Waals surface area contributed by atoms with Crippen molar-refractivity contribution >= 4 is 0 Å². The SMILES string of the molecule is O[C@H]1CC2CCC1CNC2. The van der Waals surface area contributed by atoms with Crippen molar-refractivity contribution in [2.24, 2.45) is 11.8 Å². The average molecular weight is 141 g/mol. The van der Waals surface area contributed by atoms with Crippen LogP contribution in [0.1, 0.15) is 19.3 Å². The fraction of sp³-hybridized carbons (Fsp3) is 1.00. The summed E-state index contributed by atoms with van der Waals surface area (Å²) in [6.45, 7) is 2.17. The largest absolute Gasteiger partial charge is 0.393 e. The van der Waals surface area contributed by atoms with Gasteiger partial charge in [-0.1, -0.05) is 0 Å². The molecule has 10 heavy (non-hydrogen) atoms. The first-order valence-corrected chi connectivity index (χ1v) is 4.25. The van der Waals surface area contributed by atoms with E-state index in [9.17, 15) is 5.11 Å². The Hall–Kier alpha value is -0.0800. The van der Waals surface area contributed by atoms with E-state index in [1.165, 1.54) is 12.8 Å². The monoisotopic (exact) mass is 141 g/mol. The van der Waals surface area contributed by atoms with E-state index in [0.29, 0.717) is 5.92 Å². The van der Waals surface area contributed by atoms with E-state index in [-0.39, 0.29) is 6.10 Å². The molecular formula is C8H15NO. The van der Waals surface area contributed by atoms with Gasteiger partial charge in [-0.05, 0) is 37.6 Å². The lowest BCUT2D eigenvalue weighted by Gasteiger charge is -2.27. The molecule has 3 aliphatic rings. The third-order valence-corrected chi connectivity index (χ3v) is 2.90. The summed E-state index contributed by atoms with van der Waals surface area (Å²) in [6, 6.07) is 0. The lowest BCUT2D eigenvalue weighted by atomic mass is 9.82. The van der Waals surface area contributed by atoms with E-state index < -0.39 is 0 Å². The molecule has 3 fully saturated rings. The number of fused-ring (bicyclic) bond motifs is 4. The molecule has 58 valence electrons. The lowest BCUT2D eigenvalue weighted by Crippen LogP contribution is -2.29. The van der Waals surface area contributed by atoms with E-state index in [2.05, 4.69) is 5.32 Å². The highest BCUT2D eigenvalue weighted by molar-refractivity contribution is 4.85. The van der Waals surface area contributed by atoms with E-state index in [0.717, 1.165) is 25.4 Å². The molecule has 2 saturated heterocycles. The molecule has 0 spiro atoms. The maximum Gasteiger partial charge on any atom is 0.0583 e. The Morgan fingerprint density at radius 3 is 2.90 bits per heavy atom. The first kappa shape index (κ1) is 6.62. The molecule has 0 aromatic carbocycles. The molecule has 3 atom stereocenters. The summed E-state index contributed by atoms with van der Waals surface area (Å²) in [6.07, 6.45) is 3.60. The van der Waals surface area contributed by atoms with Gasteiger partial charge in [0.05, 0.1) is 6.10 Å². The molecular weight excluding hydrogens is 126 g/mol. The first-order chi connectivity index (χ1) is 4.86. The molecule has 2 aliphatic heterocycles. The van der Waals surface area contributed by atoms with Crippen LogP contribution in [0.3, 0.4) is 0 Å². The van der Waals surface area contributed by atoms with E-state index in [1.54, 1.807) is 0 Å². The summed E-state index contributed by atoms with van der Waals surface area (Å²) >= 11 is 0. The van der Waals surface area contributed by atoms with Crippen molar-refractivity contribution in [3.8, 4) is 0 Å². The van der Waals surface area contributed by atoms with Crippen LogP contribution in [0.2, 0.25) is 0 Å². The van der Waals surface area contributed by atoms with Gasteiger partial charge in [-0.15, -0.1) is 0 Å². The zero-order chi connectivity index (χ0) is 6.97. The average Bonchev–Trinajstić information content (AvgIpc) is 2.20. The topological polar surface area (TPSA) is 32.3 Å². The Labute approximate surface area is 61.6 Å². The summed E-state index contributed by atoms with van der Waals surface area (Å²) in [7, 11) is 0. The molecule has 0 amide bonds. The van der Waals surface area contributed by atoms with Crippen molar-refractivity contribution in [2.75, 3.05) is 13.1 Å².